The van der Waals surface area contributed by atoms with Gasteiger partial charge in [0, 0.05) is 25.9 Å². The fraction of sp³-hybridized carbons (Fsp3) is 0.500. The van der Waals surface area contributed by atoms with Crippen molar-refractivity contribution in [3.63, 3.8) is 0 Å². The van der Waals surface area contributed by atoms with Gasteiger partial charge in [-0.25, -0.2) is 4.98 Å². The molecule has 0 fully saturated rings. The summed E-state index contributed by atoms with van der Waals surface area (Å²) in [6.45, 7) is 3.74. The second-order valence-corrected chi connectivity index (χ2v) is 6.55. The van der Waals surface area contributed by atoms with Gasteiger partial charge in [0.15, 0.2) is 0 Å². The van der Waals surface area contributed by atoms with Crippen LogP contribution in [0, 0.1) is 5.92 Å². The largest absolute Gasteiger partial charge is 0.356 e. The van der Waals surface area contributed by atoms with E-state index in [1.54, 1.807) is 6.07 Å². The lowest BCUT2D eigenvalue weighted by atomic mass is 10.1. The standard InChI is InChI=1S/C18H26N4O2/c1-13(12-22(2)3)11-19-17(23)10-6-9-16-20-15-8-5-4-7-14(15)18(24)21-16/h4-5,7-8,13H,6,9-12H2,1-3H3,(H,19,23)(H,20,21,24)/t13-/m1/s1. The van der Waals surface area contributed by atoms with Crippen molar-refractivity contribution in [2.75, 3.05) is 27.2 Å². The number of hydrogen-bond donors (Lipinski definition) is 2. The Kier molecular flexibility index (Phi) is 6.49. The maximum Gasteiger partial charge on any atom is 0.258 e. The van der Waals surface area contributed by atoms with Crippen LogP contribution in [0.15, 0.2) is 29.1 Å². The molecular formula is C18H26N4O2. The van der Waals surface area contributed by atoms with E-state index < -0.39 is 0 Å². The normalized spacial score (nSPS) is 12.5. The molecule has 130 valence electrons. The molecule has 0 aliphatic heterocycles. The zero-order valence-electron chi connectivity index (χ0n) is 14.6. The highest BCUT2D eigenvalue weighted by Crippen LogP contribution is 2.07. The number of H-pyrrole nitrogens is 1. The van der Waals surface area contributed by atoms with E-state index in [1.165, 1.54) is 0 Å². The minimum absolute atomic E-state index is 0.0451. The first-order valence-electron chi connectivity index (χ1n) is 8.35. The van der Waals surface area contributed by atoms with Gasteiger partial charge >= 0.3 is 0 Å². The molecule has 2 N–H and O–H groups in total. The fourth-order valence-electron chi connectivity index (χ4n) is 2.73. The van der Waals surface area contributed by atoms with E-state index >= 15 is 0 Å². The number of aryl methyl sites for hydroxylation is 1. The number of nitrogens with one attached hydrogen (secondary N) is 2. The number of carbonyl (C=O) groups excluding carboxylic acids is 1. The van der Waals surface area contributed by atoms with Gasteiger partial charge in [0.2, 0.25) is 5.91 Å². The van der Waals surface area contributed by atoms with Crippen LogP contribution in [0.4, 0.5) is 0 Å². The maximum atomic E-state index is 12.0. The summed E-state index contributed by atoms with van der Waals surface area (Å²) < 4.78 is 0. The zero-order chi connectivity index (χ0) is 17.5. The number of nitrogens with zero attached hydrogens (tertiary/aromatic N) is 2. The molecular weight excluding hydrogens is 304 g/mol. The van der Waals surface area contributed by atoms with E-state index in [0.717, 1.165) is 6.54 Å². The first kappa shape index (κ1) is 18.1. The molecule has 1 aromatic heterocycles. The molecule has 0 radical (unpaired) electrons. The van der Waals surface area contributed by atoms with Crippen LogP contribution >= 0.6 is 0 Å². The van der Waals surface area contributed by atoms with Crippen molar-refractivity contribution in [1.82, 2.24) is 20.2 Å². The highest BCUT2D eigenvalue weighted by Gasteiger charge is 2.08. The molecule has 1 atom stereocenters. The van der Waals surface area contributed by atoms with Gasteiger partial charge in [-0.1, -0.05) is 19.1 Å². The van der Waals surface area contributed by atoms with Crippen molar-refractivity contribution >= 4 is 16.8 Å². The van der Waals surface area contributed by atoms with Gasteiger partial charge in [-0.05, 0) is 38.6 Å². The Morgan fingerprint density at radius 3 is 2.83 bits per heavy atom. The van der Waals surface area contributed by atoms with E-state index in [2.05, 4.69) is 27.1 Å². The van der Waals surface area contributed by atoms with Gasteiger partial charge in [0.05, 0.1) is 10.9 Å². The molecule has 1 aromatic carbocycles. The van der Waals surface area contributed by atoms with Gasteiger partial charge in [0.25, 0.3) is 5.56 Å². The number of amides is 1. The van der Waals surface area contributed by atoms with E-state index in [4.69, 9.17) is 0 Å². The van der Waals surface area contributed by atoms with Crippen LogP contribution < -0.4 is 10.9 Å². The van der Waals surface area contributed by atoms with Gasteiger partial charge in [0.1, 0.15) is 5.82 Å². The van der Waals surface area contributed by atoms with Crippen LogP contribution in [-0.2, 0) is 11.2 Å². The van der Waals surface area contributed by atoms with Crippen LogP contribution in [0.1, 0.15) is 25.6 Å². The quantitative estimate of drug-likeness (QED) is 0.770. The van der Waals surface area contributed by atoms with Crippen molar-refractivity contribution in [2.45, 2.75) is 26.2 Å². The summed E-state index contributed by atoms with van der Waals surface area (Å²) in [6, 6.07) is 7.27. The second kappa shape index (κ2) is 8.59. The number of rotatable bonds is 8. The number of aromatic amines is 1. The molecule has 0 aliphatic rings. The summed E-state index contributed by atoms with van der Waals surface area (Å²) in [5, 5.41) is 3.55. The molecule has 24 heavy (non-hydrogen) atoms. The second-order valence-electron chi connectivity index (χ2n) is 6.55. The van der Waals surface area contributed by atoms with Crippen molar-refractivity contribution in [3.8, 4) is 0 Å². The smallest absolute Gasteiger partial charge is 0.258 e. The summed E-state index contributed by atoms with van der Waals surface area (Å²) in [7, 11) is 4.05. The summed E-state index contributed by atoms with van der Waals surface area (Å²) in [6.07, 6.45) is 1.68. The number of carbonyl (C=O) groups is 1. The average molecular weight is 330 g/mol. The summed E-state index contributed by atoms with van der Waals surface area (Å²) in [5.74, 6) is 1.10. The molecule has 1 heterocycles. The molecule has 0 bridgehead atoms. The highest BCUT2D eigenvalue weighted by molar-refractivity contribution is 5.77. The average Bonchev–Trinajstić information content (AvgIpc) is 2.52. The van der Waals surface area contributed by atoms with Crippen molar-refractivity contribution in [2.24, 2.45) is 5.92 Å². The third-order valence-corrected chi connectivity index (χ3v) is 3.80. The van der Waals surface area contributed by atoms with Gasteiger partial charge < -0.3 is 15.2 Å². The minimum atomic E-state index is -0.127. The van der Waals surface area contributed by atoms with Crippen molar-refractivity contribution in [1.29, 1.82) is 0 Å². The Morgan fingerprint density at radius 1 is 1.33 bits per heavy atom. The van der Waals surface area contributed by atoms with Crippen LogP contribution in [-0.4, -0.2) is 48.0 Å². The van der Waals surface area contributed by atoms with Gasteiger partial charge in [-0.3, -0.25) is 9.59 Å². The van der Waals surface area contributed by atoms with Gasteiger partial charge in [-0.15, -0.1) is 0 Å². The number of fused-ring (bicyclic) bond motifs is 1. The number of aromatic nitrogens is 2. The monoisotopic (exact) mass is 330 g/mol. The molecule has 0 unspecified atom stereocenters. The Hall–Kier alpha value is -2.21. The predicted octanol–water partition coefficient (Wildman–Crippen LogP) is 1.56. The third-order valence-electron chi connectivity index (χ3n) is 3.80. The van der Waals surface area contributed by atoms with Crippen molar-refractivity contribution < 1.29 is 4.79 Å². The maximum absolute atomic E-state index is 12.0. The predicted molar refractivity (Wildman–Crippen MR) is 96.0 cm³/mol. The van der Waals surface area contributed by atoms with E-state index in [-0.39, 0.29) is 11.5 Å². The molecule has 0 aliphatic carbocycles. The molecule has 0 saturated carbocycles. The molecule has 6 heteroatoms. The van der Waals surface area contributed by atoms with Crippen LogP contribution in [0.5, 0.6) is 0 Å². The number of hydrogen-bond acceptors (Lipinski definition) is 4. The molecule has 2 rings (SSSR count). The summed E-state index contributed by atoms with van der Waals surface area (Å²) in [5.41, 5.74) is 0.566. The Bertz CT molecular complexity index is 739. The highest BCUT2D eigenvalue weighted by atomic mass is 16.1. The van der Waals surface area contributed by atoms with Crippen LogP contribution in [0.2, 0.25) is 0 Å². The SMILES string of the molecule is C[C@H](CNC(=O)CCCc1nc2ccccc2c(=O)[nH]1)CN(C)C. The lowest BCUT2D eigenvalue weighted by molar-refractivity contribution is -0.121. The minimum Gasteiger partial charge on any atom is -0.356 e. The summed E-state index contributed by atoms with van der Waals surface area (Å²) >= 11 is 0. The van der Waals surface area contributed by atoms with Crippen LogP contribution in [0.3, 0.4) is 0 Å². The lowest BCUT2D eigenvalue weighted by Crippen LogP contribution is -2.32. The third kappa shape index (κ3) is 5.45. The number of para-hydroxylation sites is 1. The number of benzene rings is 1. The zero-order valence-corrected chi connectivity index (χ0v) is 14.6. The van der Waals surface area contributed by atoms with E-state index in [9.17, 15) is 9.59 Å². The first-order valence-corrected chi connectivity index (χ1v) is 8.35. The van der Waals surface area contributed by atoms with E-state index in [1.807, 2.05) is 32.3 Å². The Morgan fingerprint density at radius 2 is 2.08 bits per heavy atom. The molecule has 1 amide bonds. The van der Waals surface area contributed by atoms with E-state index in [0.29, 0.717) is 48.5 Å². The topological polar surface area (TPSA) is 78.1 Å². The van der Waals surface area contributed by atoms with Gasteiger partial charge in [-0.2, -0.15) is 0 Å². The Balaban J connectivity index is 1.80. The fourth-order valence-corrected chi connectivity index (χ4v) is 2.73. The molecule has 0 saturated heterocycles. The first-order chi connectivity index (χ1) is 11.5. The molecule has 0 spiro atoms. The molecule has 6 nitrogen and oxygen atoms in total. The lowest BCUT2D eigenvalue weighted by Gasteiger charge is -2.17. The van der Waals surface area contributed by atoms with Crippen molar-refractivity contribution in [3.05, 3.63) is 40.4 Å². The Labute approximate surface area is 142 Å². The summed E-state index contributed by atoms with van der Waals surface area (Å²) in [4.78, 5) is 33.2. The molecule has 2 aromatic rings. The van der Waals surface area contributed by atoms with Crippen LogP contribution in [0.25, 0.3) is 10.9 Å².